The molecule has 0 fully saturated rings. The second kappa shape index (κ2) is 4.99. The Hall–Kier alpha value is -0.0400. The van der Waals surface area contributed by atoms with Crippen LogP contribution < -0.4 is 5.73 Å². The van der Waals surface area contributed by atoms with Crippen LogP contribution in [0.2, 0.25) is 0 Å². The van der Waals surface area contributed by atoms with Crippen molar-refractivity contribution in [3.05, 3.63) is 18.2 Å². The van der Waals surface area contributed by atoms with Gasteiger partial charge in [0.1, 0.15) is 5.37 Å². The van der Waals surface area contributed by atoms with Gasteiger partial charge in [0.2, 0.25) is 0 Å². The number of nitrogens with zero attached hydrogens (tertiary/aromatic N) is 2. The Morgan fingerprint density at radius 3 is 2.46 bits per heavy atom. The molecule has 0 aliphatic heterocycles. The molecule has 0 amide bonds. The molecule has 0 bridgehead atoms. The van der Waals surface area contributed by atoms with E-state index in [1.54, 1.807) is 12.4 Å². The van der Waals surface area contributed by atoms with Crippen molar-refractivity contribution >= 4 is 32.4 Å². The predicted octanol–water partition coefficient (Wildman–Crippen LogP) is 0.866. The van der Waals surface area contributed by atoms with Gasteiger partial charge in [0.05, 0.1) is 0 Å². The van der Waals surface area contributed by atoms with Crippen LogP contribution in [-0.4, -0.2) is 22.5 Å². The first kappa shape index (κ1) is 11.0. The van der Waals surface area contributed by atoms with Gasteiger partial charge in [-0.25, -0.2) is 9.97 Å². The van der Waals surface area contributed by atoms with Crippen LogP contribution in [0.1, 0.15) is 11.2 Å². The lowest BCUT2D eigenvalue weighted by atomic mass is 10.5. The second-order valence-corrected chi connectivity index (χ2v) is 6.25. The molecule has 0 aliphatic rings. The lowest BCUT2D eigenvalue weighted by Gasteiger charge is -2.06. The van der Waals surface area contributed by atoms with E-state index in [-0.39, 0.29) is 14.8 Å². The number of rotatable bonds is 3. The van der Waals surface area contributed by atoms with Gasteiger partial charge in [-0.2, -0.15) is 0 Å². The predicted molar refractivity (Wildman–Crippen MR) is 61.4 cm³/mol. The van der Waals surface area contributed by atoms with E-state index in [0.29, 0.717) is 5.82 Å². The minimum Gasteiger partial charge on any atom is -0.313 e. The van der Waals surface area contributed by atoms with E-state index in [2.05, 4.69) is 9.97 Å². The summed E-state index contributed by atoms with van der Waals surface area (Å²) in [5, 5.41) is -0.141. The van der Waals surface area contributed by atoms with Gasteiger partial charge in [0.15, 0.2) is 5.82 Å². The van der Waals surface area contributed by atoms with Gasteiger partial charge in [0.25, 0.3) is 0 Å². The molecule has 0 aliphatic carbocycles. The molecule has 0 saturated heterocycles. The first-order valence-electron chi connectivity index (χ1n) is 3.59. The quantitative estimate of drug-likeness (QED) is 0.785. The third-order valence-corrected chi connectivity index (χ3v) is 3.66. The van der Waals surface area contributed by atoms with Crippen LogP contribution in [0, 0.1) is 0 Å². The van der Waals surface area contributed by atoms with E-state index in [4.69, 9.17) is 16.9 Å². The Bertz CT molecular complexity index is 298. The summed E-state index contributed by atoms with van der Waals surface area (Å²) in [6.07, 6.45) is 7.41. The van der Waals surface area contributed by atoms with Crippen LogP contribution in [0.3, 0.4) is 0 Å². The van der Waals surface area contributed by atoms with Crippen LogP contribution in [0.25, 0.3) is 0 Å². The molecule has 72 valence electrons. The van der Waals surface area contributed by atoms with E-state index in [1.807, 2.05) is 12.5 Å². The molecule has 1 aromatic heterocycles. The topological polar surface area (TPSA) is 51.8 Å². The summed E-state index contributed by atoms with van der Waals surface area (Å²) in [5.41, 5.74) is 5.73. The molecule has 0 aromatic carbocycles. The Kier molecular flexibility index (Phi) is 4.24. The van der Waals surface area contributed by atoms with Gasteiger partial charge in [0, 0.05) is 17.3 Å². The Balaban J connectivity index is 2.87. The maximum Gasteiger partial charge on any atom is 0.155 e. The fourth-order valence-corrected chi connectivity index (χ4v) is 1.72. The number of aromatic nitrogens is 2. The van der Waals surface area contributed by atoms with Crippen molar-refractivity contribution in [3.63, 3.8) is 0 Å². The van der Waals surface area contributed by atoms with Crippen molar-refractivity contribution < 1.29 is 0 Å². The van der Waals surface area contributed by atoms with E-state index in [9.17, 15) is 0 Å². The highest BCUT2D eigenvalue weighted by Crippen LogP contribution is 2.16. The van der Waals surface area contributed by atoms with Crippen molar-refractivity contribution in [2.45, 2.75) is 10.3 Å². The maximum absolute atomic E-state index is 5.73. The first-order valence-corrected chi connectivity index (χ1v) is 7.43. The standard InChI is InChI=1S/C7H11N3S3/c1-12-6(8)7-9-3-5(4-10-7)13(2)11/h3-4,6H,8H2,1-2H3. The average molecular weight is 233 g/mol. The molecule has 13 heavy (non-hydrogen) atoms. The molecule has 2 unspecified atom stereocenters. The molecule has 1 aromatic rings. The SMILES string of the molecule is CSC(N)c1ncc(S(C)=S)cn1. The Labute approximate surface area is 89.1 Å². The largest absolute Gasteiger partial charge is 0.313 e. The summed E-state index contributed by atoms with van der Waals surface area (Å²) in [6.45, 7) is 0. The van der Waals surface area contributed by atoms with E-state index >= 15 is 0 Å². The van der Waals surface area contributed by atoms with Crippen LogP contribution in [0.4, 0.5) is 0 Å². The number of hydrogen-bond acceptors (Lipinski definition) is 5. The average Bonchev–Trinajstić information content (AvgIpc) is 2.17. The van der Waals surface area contributed by atoms with E-state index in [0.717, 1.165) is 4.90 Å². The van der Waals surface area contributed by atoms with Gasteiger partial charge in [-0.1, -0.05) is 9.45 Å². The summed E-state index contributed by atoms with van der Waals surface area (Å²) < 4.78 is 0. The highest BCUT2D eigenvalue weighted by atomic mass is 32.8. The molecule has 0 saturated carbocycles. The minimum absolute atomic E-state index is 0.141. The molecule has 2 N–H and O–H groups in total. The number of nitrogens with two attached hydrogens (primary N) is 1. The van der Waals surface area contributed by atoms with Gasteiger partial charge in [-0.15, -0.1) is 11.8 Å². The zero-order valence-electron chi connectivity index (χ0n) is 7.43. The highest BCUT2D eigenvalue weighted by Gasteiger charge is 2.06. The van der Waals surface area contributed by atoms with Gasteiger partial charge in [-0.3, -0.25) is 0 Å². The molecule has 1 heterocycles. The van der Waals surface area contributed by atoms with Gasteiger partial charge < -0.3 is 5.73 Å². The minimum atomic E-state index is -0.192. The highest BCUT2D eigenvalue weighted by molar-refractivity contribution is 8.28. The summed E-state index contributed by atoms with van der Waals surface area (Å²) in [6, 6.07) is 0. The van der Waals surface area contributed by atoms with Crippen molar-refractivity contribution in [2.24, 2.45) is 5.73 Å². The fourth-order valence-electron chi connectivity index (χ4n) is 0.727. The van der Waals surface area contributed by atoms with Crippen LogP contribution >= 0.6 is 11.8 Å². The lowest BCUT2D eigenvalue weighted by Crippen LogP contribution is -2.09. The fraction of sp³-hybridized carbons (Fsp3) is 0.429. The zero-order chi connectivity index (χ0) is 9.84. The lowest BCUT2D eigenvalue weighted by molar-refractivity contribution is 0.872. The van der Waals surface area contributed by atoms with Crippen LogP contribution in [0.15, 0.2) is 17.3 Å². The maximum atomic E-state index is 5.73. The third kappa shape index (κ3) is 2.98. The molecule has 2 atom stereocenters. The second-order valence-electron chi connectivity index (χ2n) is 2.39. The molecule has 0 spiro atoms. The molecular weight excluding hydrogens is 222 g/mol. The summed E-state index contributed by atoms with van der Waals surface area (Å²) in [7, 11) is -0.192. The van der Waals surface area contributed by atoms with Crippen LogP contribution in [-0.2, 0) is 20.6 Å². The van der Waals surface area contributed by atoms with Crippen molar-refractivity contribution in [1.29, 1.82) is 0 Å². The molecule has 3 nitrogen and oxygen atoms in total. The van der Waals surface area contributed by atoms with E-state index < -0.39 is 0 Å². The Morgan fingerprint density at radius 1 is 1.54 bits per heavy atom. The third-order valence-electron chi connectivity index (χ3n) is 1.49. The Morgan fingerprint density at radius 2 is 2.08 bits per heavy atom. The molecule has 6 heteroatoms. The van der Waals surface area contributed by atoms with Crippen molar-refractivity contribution in [3.8, 4) is 0 Å². The molecule has 0 radical (unpaired) electrons. The monoisotopic (exact) mass is 233 g/mol. The summed E-state index contributed by atoms with van der Waals surface area (Å²) in [4.78, 5) is 9.30. The van der Waals surface area contributed by atoms with Crippen LogP contribution in [0.5, 0.6) is 0 Å². The van der Waals surface area contributed by atoms with Crippen molar-refractivity contribution in [2.75, 3.05) is 12.5 Å². The molecule has 1 rings (SSSR count). The number of thioether (sulfide) groups is 1. The summed E-state index contributed by atoms with van der Waals surface area (Å²) >= 11 is 6.62. The van der Waals surface area contributed by atoms with E-state index in [1.165, 1.54) is 11.8 Å². The van der Waals surface area contributed by atoms with Gasteiger partial charge >= 0.3 is 0 Å². The zero-order valence-corrected chi connectivity index (χ0v) is 9.88. The number of hydrogen-bond donors (Lipinski definition) is 1. The first-order chi connectivity index (χ1) is 6.15. The molecular formula is C7H11N3S3. The van der Waals surface area contributed by atoms with Gasteiger partial charge in [-0.05, 0) is 23.7 Å². The normalized spacial score (nSPS) is 15.3. The summed E-state index contributed by atoms with van der Waals surface area (Å²) in [5.74, 6) is 0.664. The smallest absolute Gasteiger partial charge is 0.155 e. The van der Waals surface area contributed by atoms with Crippen molar-refractivity contribution in [1.82, 2.24) is 9.97 Å².